The number of nitrogens with zero attached hydrogens (tertiary/aromatic N) is 3. The van der Waals surface area contributed by atoms with Crippen LogP contribution in [-0.4, -0.2) is 29.5 Å². The topological polar surface area (TPSA) is 67.3 Å². The van der Waals surface area contributed by atoms with Gasteiger partial charge < -0.3 is 15.0 Å². The van der Waals surface area contributed by atoms with Crippen molar-refractivity contribution in [2.45, 2.75) is 13.0 Å². The molecule has 6 nitrogen and oxygen atoms in total. The van der Waals surface area contributed by atoms with Crippen LogP contribution in [0.5, 0.6) is 5.75 Å². The van der Waals surface area contributed by atoms with Crippen LogP contribution >= 0.6 is 0 Å². The molecule has 1 N–H and O–H groups in total. The zero-order valence-electron chi connectivity index (χ0n) is 15.1. The fourth-order valence-corrected chi connectivity index (χ4v) is 3.19. The number of fused-ring (bicyclic) bond motifs is 1. The Hall–Kier alpha value is -3.41. The average molecular weight is 360 g/mol. The maximum Gasteiger partial charge on any atom is 0.274 e. The van der Waals surface area contributed by atoms with E-state index < -0.39 is 0 Å². The van der Waals surface area contributed by atoms with Gasteiger partial charge in [-0.25, -0.2) is 9.97 Å². The summed E-state index contributed by atoms with van der Waals surface area (Å²) >= 11 is 0. The fraction of sp³-hybridized carbons (Fsp3) is 0.190. The van der Waals surface area contributed by atoms with Gasteiger partial charge in [0.25, 0.3) is 5.91 Å². The van der Waals surface area contributed by atoms with Crippen molar-refractivity contribution < 1.29 is 9.53 Å². The van der Waals surface area contributed by atoms with Gasteiger partial charge in [0.1, 0.15) is 11.4 Å². The molecule has 0 aliphatic carbocycles. The number of benzene rings is 2. The lowest BCUT2D eigenvalue weighted by molar-refractivity contribution is 0.102. The Kier molecular flexibility index (Phi) is 4.70. The molecule has 3 aromatic rings. The van der Waals surface area contributed by atoms with Crippen LogP contribution in [0.3, 0.4) is 0 Å². The van der Waals surface area contributed by atoms with Gasteiger partial charge in [-0.3, -0.25) is 4.79 Å². The fourth-order valence-electron chi connectivity index (χ4n) is 3.19. The van der Waals surface area contributed by atoms with Crippen LogP contribution in [0.25, 0.3) is 0 Å². The van der Waals surface area contributed by atoms with Crippen LogP contribution in [0.4, 0.5) is 11.6 Å². The van der Waals surface area contributed by atoms with Crippen molar-refractivity contribution in [2.24, 2.45) is 0 Å². The van der Waals surface area contributed by atoms with Crippen molar-refractivity contribution in [1.82, 2.24) is 9.97 Å². The Bertz CT molecular complexity index is 974. The lowest BCUT2D eigenvalue weighted by Gasteiger charge is -2.28. The number of nitrogens with one attached hydrogen (secondary N) is 1. The zero-order valence-corrected chi connectivity index (χ0v) is 15.1. The van der Waals surface area contributed by atoms with E-state index in [4.69, 9.17) is 4.74 Å². The quantitative estimate of drug-likeness (QED) is 0.773. The van der Waals surface area contributed by atoms with Gasteiger partial charge >= 0.3 is 0 Å². The minimum absolute atomic E-state index is 0.274. The predicted octanol–water partition coefficient (Wildman–Crippen LogP) is 3.30. The first-order chi connectivity index (χ1) is 13.2. The van der Waals surface area contributed by atoms with Gasteiger partial charge in [-0.2, -0.15) is 0 Å². The standard InChI is InChI=1S/C21H20N4O2/c1-27-18-8-4-7-17(13-18)23-20(26)19-9-11-22-21(24-19)25-12-10-15-5-2-3-6-16(15)14-25/h2-9,11,13H,10,12,14H2,1H3,(H,23,26). The van der Waals surface area contributed by atoms with Gasteiger partial charge in [-0.05, 0) is 35.7 Å². The third kappa shape index (κ3) is 3.74. The minimum atomic E-state index is -0.274. The van der Waals surface area contributed by atoms with E-state index in [1.54, 1.807) is 25.4 Å². The number of aromatic nitrogens is 2. The van der Waals surface area contributed by atoms with Gasteiger partial charge in [-0.1, -0.05) is 30.3 Å². The molecule has 1 amide bonds. The SMILES string of the molecule is COc1cccc(NC(=O)c2ccnc(N3CCc4ccccc4C3)n2)c1. The van der Waals surface area contributed by atoms with Crippen LogP contribution in [0.2, 0.25) is 0 Å². The number of rotatable bonds is 4. The average Bonchev–Trinajstić information content (AvgIpc) is 2.73. The van der Waals surface area contributed by atoms with Gasteiger partial charge in [0.15, 0.2) is 0 Å². The number of amides is 1. The van der Waals surface area contributed by atoms with Gasteiger partial charge in [0.05, 0.1) is 7.11 Å². The van der Waals surface area contributed by atoms with Gasteiger partial charge in [0.2, 0.25) is 5.95 Å². The summed E-state index contributed by atoms with van der Waals surface area (Å²) < 4.78 is 5.19. The summed E-state index contributed by atoms with van der Waals surface area (Å²) in [5.74, 6) is 0.982. The van der Waals surface area contributed by atoms with Gasteiger partial charge in [0, 0.05) is 31.0 Å². The molecule has 0 saturated carbocycles. The van der Waals surface area contributed by atoms with Crippen molar-refractivity contribution >= 4 is 17.5 Å². The molecular formula is C21H20N4O2. The number of hydrogen-bond acceptors (Lipinski definition) is 5. The molecule has 2 heterocycles. The minimum Gasteiger partial charge on any atom is -0.497 e. The highest BCUT2D eigenvalue weighted by Crippen LogP contribution is 2.22. The van der Waals surface area contributed by atoms with E-state index in [1.165, 1.54) is 11.1 Å². The monoisotopic (exact) mass is 360 g/mol. The van der Waals surface area contributed by atoms with Crippen LogP contribution < -0.4 is 15.0 Å². The van der Waals surface area contributed by atoms with Crippen molar-refractivity contribution in [1.29, 1.82) is 0 Å². The third-order valence-electron chi connectivity index (χ3n) is 4.62. The smallest absolute Gasteiger partial charge is 0.274 e. The first kappa shape index (κ1) is 17.0. The first-order valence-corrected chi connectivity index (χ1v) is 8.83. The Morgan fingerprint density at radius 3 is 2.81 bits per heavy atom. The number of ether oxygens (including phenoxy) is 1. The second-order valence-electron chi connectivity index (χ2n) is 6.37. The van der Waals surface area contributed by atoms with Gasteiger partial charge in [-0.15, -0.1) is 0 Å². The molecule has 0 fully saturated rings. The Labute approximate surface area is 157 Å². The summed E-state index contributed by atoms with van der Waals surface area (Å²) in [6.07, 6.45) is 2.57. The van der Waals surface area contributed by atoms with E-state index in [9.17, 15) is 4.79 Å². The molecule has 4 rings (SSSR count). The van der Waals surface area contributed by atoms with Crippen LogP contribution in [0.15, 0.2) is 60.8 Å². The number of methoxy groups -OCH3 is 1. The lowest BCUT2D eigenvalue weighted by atomic mass is 10.0. The number of hydrogen-bond donors (Lipinski definition) is 1. The molecule has 0 saturated heterocycles. The van der Waals surface area contributed by atoms with Crippen LogP contribution in [0.1, 0.15) is 21.6 Å². The summed E-state index contributed by atoms with van der Waals surface area (Å²) in [6.45, 7) is 1.58. The van der Waals surface area contributed by atoms with E-state index in [2.05, 4.69) is 38.4 Å². The number of carbonyl (C=O) groups excluding carboxylic acids is 1. The molecule has 0 atom stereocenters. The van der Waals surface area contributed by atoms with E-state index in [0.29, 0.717) is 23.1 Å². The first-order valence-electron chi connectivity index (χ1n) is 8.83. The van der Waals surface area contributed by atoms with Crippen LogP contribution in [-0.2, 0) is 13.0 Å². The predicted molar refractivity (Wildman–Crippen MR) is 104 cm³/mol. The summed E-state index contributed by atoms with van der Waals surface area (Å²) in [5.41, 5.74) is 3.63. The lowest BCUT2D eigenvalue weighted by Crippen LogP contribution is -2.32. The summed E-state index contributed by atoms with van der Waals surface area (Å²) in [6, 6.07) is 17.2. The highest BCUT2D eigenvalue weighted by Gasteiger charge is 2.19. The second kappa shape index (κ2) is 7.45. The normalized spacial score (nSPS) is 13.0. The molecule has 1 aromatic heterocycles. The highest BCUT2D eigenvalue weighted by atomic mass is 16.5. The maximum absolute atomic E-state index is 12.6. The molecule has 6 heteroatoms. The van der Waals surface area contributed by atoms with Crippen molar-refractivity contribution in [2.75, 3.05) is 23.9 Å². The molecule has 0 unspecified atom stereocenters. The third-order valence-corrected chi connectivity index (χ3v) is 4.62. The Morgan fingerprint density at radius 2 is 1.96 bits per heavy atom. The van der Waals surface area contributed by atoms with Crippen molar-refractivity contribution in [3.63, 3.8) is 0 Å². The molecule has 2 aromatic carbocycles. The van der Waals surface area contributed by atoms with Crippen molar-refractivity contribution in [3.8, 4) is 5.75 Å². The van der Waals surface area contributed by atoms with E-state index >= 15 is 0 Å². The summed E-state index contributed by atoms with van der Waals surface area (Å²) in [5, 5.41) is 2.85. The number of anilines is 2. The molecule has 27 heavy (non-hydrogen) atoms. The molecule has 1 aliphatic heterocycles. The van der Waals surface area contributed by atoms with Crippen molar-refractivity contribution in [3.05, 3.63) is 77.6 Å². The van der Waals surface area contributed by atoms with E-state index in [0.717, 1.165) is 19.5 Å². The molecule has 0 spiro atoms. The van der Waals surface area contributed by atoms with E-state index in [-0.39, 0.29) is 5.91 Å². The molecule has 0 bridgehead atoms. The molecular weight excluding hydrogens is 340 g/mol. The molecule has 0 radical (unpaired) electrons. The Balaban J connectivity index is 1.51. The second-order valence-corrected chi connectivity index (χ2v) is 6.37. The number of carbonyl (C=O) groups is 1. The van der Waals surface area contributed by atoms with E-state index in [1.807, 2.05) is 24.3 Å². The summed E-state index contributed by atoms with van der Waals surface area (Å²) in [4.78, 5) is 23.5. The largest absolute Gasteiger partial charge is 0.497 e. The molecule has 136 valence electrons. The molecule has 1 aliphatic rings. The van der Waals surface area contributed by atoms with Crippen LogP contribution in [0, 0.1) is 0 Å². The summed E-state index contributed by atoms with van der Waals surface area (Å²) in [7, 11) is 1.59. The highest BCUT2D eigenvalue weighted by molar-refractivity contribution is 6.03. The zero-order chi connectivity index (χ0) is 18.6. The maximum atomic E-state index is 12.6. The Morgan fingerprint density at radius 1 is 1.11 bits per heavy atom.